The minimum absolute atomic E-state index is 0.179. The van der Waals surface area contributed by atoms with Crippen molar-refractivity contribution in [2.24, 2.45) is 0 Å². The maximum atomic E-state index is 11.7. The summed E-state index contributed by atoms with van der Waals surface area (Å²) in [7, 11) is 0. The molecule has 0 atom stereocenters. The Hall–Kier alpha value is -1.90. The third-order valence-corrected chi connectivity index (χ3v) is 2.53. The second kappa shape index (κ2) is 4.31. The minimum atomic E-state index is -0.179. The Kier molecular flexibility index (Phi) is 2.86. The van der Waals surface area contributed by atoms with Crippen LogP contribution in [0.1, 0.15) is 12.6 Å². The van der Waals surface area contributed by atoms with Crippen molar-refractivity contribution in [1.29, 1.82) is 0 Å². The molecule has 16 heavy (non-hydrogen) atoms. The van der Waals surface area contributed by atoms with Crippen LogP contribution in [0.3, 0.4) is 0 Å². The van der Waals surface area contributed by atoms with E-state index in [9.17, 15) is 4.79 Å². The Labute approximate surface area is 94.4 Å². The maximum Gasteiger partial charge on any atom is 0.348 e. The van der Waals surface area contributed by atoms with Crippen LogP contribution in [0, 0.1) is 6.92 Å². The molecule has 82 valence electrons. The lowest BCUT2D eigenvalue weighted by atomic mass is 10.1. The third-order valence-electron chi connectivity index (χ3n) is 2.53. The summed E-state index contributed by atoms with van der Waals surface area (Å²) in [5.74, 6) is 0. The molecule has 3 heteroatoms. The van der Waals surface area contributed by atoms with E-state index >= 15 is 0 Å². The first kappa shape index (κ1) is 10.6. The zero-order chi connectivity index (χ0) is 11.5. The number of aryl methyl sites for hydroxylation is 1. The highest BCUT2D eigenvalue weighted by atomic mass is 16.1. The van der Waals surface area contributed by atoms with E-state index < -0.39 is 0 Å². The van der Waals surface area contributed by atoms with Gasteiger partial charge in [-0.1, -0.05) is 30.3 Å². The summed E-state index contributed by atoms with van der Waals surface area (Å²) < 4.78 is 1.68. The average Bonchev–Trinajstić information content (AvgIpc) is 2.29. The molecule has 0 radical (unpaired) electrons. The Balaban J connectivity index is 2.69. The number of benzene rings is 1. The summed E-state index contributed by atoms with van der Waals surface area (Å²) in [4.78, 5) is 15.7. The molecule has 0 amide bonds. The van der Waals surface area contributed by atoms with Crippen LogP contribution in [0.25, 0.3) is 11.3 Å². The monoisotopic (exact) mass is 214 g/mol. The molecule has 0 saturated heterocycles. The van der Waals surface area contributed by atoms with Crippen molar-refractivity contribution in [3.05, 3.63) is 52.6 Å². The van der Waals surface area contributed by atoms with Crippen molar-refractivity contribution >= 4 is 0 Å². The van der Waals surface area contributed by atoms with Crippen LogP contribution in [0.15, 0.2) is 41.2 Å². The molecule has 1 aromatic carbocycles. The van der Waals surface area contributed by atoms with E-state index in [4.69, 9.17) is 0 Å². The molecule has 0 bridgehead atoms. The highest BCUT2D eigenvalue weighted by Gasteiger charge is 2.06. The molecule has 3 nitrogen and oxygen atoms in total. The quantitative estimate of drug-likeness (QED) is 0.768. The Morgan fingerprint density at radius 3 is 2.56 bits per heavy atom. The number of hydrogen-bond donors (Lipinski definition) is 0. The van der Waals surface area contributed by atoms with Gasteiger partial charge in [0.05, 0.1) is 5.69 Å². The van der Waals surface area contributed by atoms with Gasteiger partial charge < -0.3 is 0 Å². The highest BCUT2D eigenvalue weighted by Crippen LogP contribution is 2.17. The Morgan fingerprint density at radius 1 is 1.25 bits per heavy atom. The van der Waals surface area contributed by atoms with Crippen molar-refractivity contribution in [3.63, 3.8) is 0 Å². The smallest absolute Gasteiger partial charge is 0.292 e. The molecule has 1 aromatic heterocycles. The highest BCUT2D eigenvalue weighted by molar-refractivity contribution is 5.59. The SMILES string of the molecule is CCn1c(-c2ccccc2)cc(C)nc1=O. The second-order valence-corrected chi connectivity index (χ2v) is 3.68. The predicted octanol–water partition coefficient (Wildman–Crippen LogP) is 2.24. The number of rotatable bonds is 2. The van der Waals surface area contributed by atoms with Crippen LogP contribution < -0.4 is 5.69 Å². The van der Waals surface area contributed by atoms with Crippen LogP contribution in [0.2, 0.25) is 0 Å². The van der Waals surface area contributed by atoms with Crippen LogP contribution in [0.5, 0.6) is 0 Å². The third kappa shape index (κ3) is 1.89. The van der Waals surface area contributed by atoms with Crippen LogP contribution in [-0.4, -0.2) is 9.55 Å². The van der Waals surface area contributed by atoms with E-state index in [2.05, 4.69) is 4.98 Å². The molecule has 0 unspecified atom stereocenters. The fourth-order valence-electron chi connectivity index (χ4n) is 1.78. The number of nitrogens with zero attached hydrogens (tertiary/aromatic N) is 2. The lowest BCUT2D eigenvalue weighted by Gasteiger charge is -2.10. The van der Waals surface area contributed by atoms with Crippen molar-refractivity contribution < 1.29 is 0 Å². The molecular weight excluding hydrogens is 200 g/mol. The predicted molar refractivity (Wildman–Crippen MR) is 64.3 cm³/mol. The van der Waals surface area contributed by atoms with Gasteiger partial charge in [0.1, 0.15) is 0 Å². The van der Waals surface area contributed by atoms with Gasteiger partial charge in [0.25, 0.3) is 0 Å². The standard InChI is InChI=1S/C13H14N2O/c1-3-15-12(9-10(2)14-13(15)16)11-7-5-4-6-8-11/h4-9H,3H2,1-2H3. The first-order valence-corrected chi connectivity index (χ1v) is 5.36. The lowest BCUT2D eigenvalue weighted by Crippen LogP contribution is -2.24. The van der Waals surface area contributed by atoms with Gasteiger partial charge in [-0.15, -0.1) is 0 Å². The summed E-state index contributed by atoms with van der Waals surface area (Å²) in [6.07, 6.45) is 0. The van der Waals surface area contributed by atoms with Crippen molar-refractivity contribution in [1.82, 2.24) is 9.55 Å². The van der Waals surface area contributed by atoms with Gasteiger partial charge in [0.2, 0.25) is 0 Å². The lowest BCUT2D eigenvalue weighted by molar-refractivity contribution is 0.702. The zero-order valence-electron chi connectivity index (χ0n) is 9.47. The molecule has 0 saturated carbocycles. The molecule has 2 rings (SSSR count). The molecule has 0 fully saturated rings. The topological polar surface area (TPSA) is 34.9 Å². The molecule has 2 aromatic rings. The van der Waals surface area contributed by atoms with Crippen LogP contribution >= 0.6 is 0 Å². The molecular formula is C13H14N2O. The Bertz CT molecular complexity index is 544. The van der Waals surface area contributed by atoms with Crippen molar-refractivity contribution in [3.8, 4) is 11.3 Å². The summed E-state index contributed by atoms with van der Waals surface area (Å²) in [5.41, 5.74) is 2.56. The van der Waals surface area contributed by atoms with E-state index in [0.717, 1.165) is 17.0 Å². The summed E-state index contributed by atoms with van der Waals surface area (Å²) in [6, 6.07) is 11.8. The zero-order valence-corrected chi connectivity index (χ0v) is 9.47. The average molecular weight is 214 g/mol. The van der Waals surface area contributed by atoms with Gasteiger partial charge in [0, 0.05) is 12.2 Å². The number of aromatic nitrogens is 2. The minimum Gasteiger partial charge on any atom is -0.292 e. The molecule has 0 aliphatic rings. The fourth-order valence-corrected chi connectivity index (χ4v) is 1.78. The largest absolute Gasteiger partial charge is 0.348 e. The van der Waals surface area contributed by atoms with Gasteiger partial charge in [-0.25, -0.2) is 4.79 Å². The van der Waals surface area contributed by atoms with Crippen LogP contribution in [0.4, 0.5) is 0 Å². The van der Waals surface area contributed by atoms with Crippen molar-refractivity contribution in [2.45, 2.75) is 20.4 Å². The van der Waals surface area contributed by atoms with E-state index in [0.29, 0.717) is 6.54 Å². The van der Waals surface area contributed by atoms with E-state index in [1.165, 1.54) is 0 Å². The van der Waals surface area contributed by atoms with Gasteiger partial charge >= 0.3 is 5.69 Å². The molecule has 0 aliphatic carbocycles. The van der Waals surface area contributed by atoms with Gasteiger partial charge in [-0.05, 0) is 25.5 Å². The first-order chi connectivity index (χ1) is 7.72. The molecule has 0 aliphatic heterocycles. The fraction of sp³-hybridized carbons (Fsp3) is 0.231. The maximum absolute atomic E-state index is 11.7. The molecule has 0 spiro atoms. The summed E-state index contributed by atoms with van der Waals surface area (Å²) >= 11 is 0. The number of hydrogen-bond acceptors (Lipinski definition) is 2. The van der Waals surface area contributed by atoms with Gasteiger partial charge in [-0.3, -0.25) is 4.57 Å². The van der Waals surface area contributed by atoms with Crippen LogP contribution in [-0.2, 0) is 6.54 Å². The van der Waals surface area contributed by atoms with Gasteiger partial charge in [-0.2, -0.15) is 4.98 Å². The van der Waals surface area contributed by atoms with E-state index in [1.807, 2.05) is 50.2 Å². The molecule has 1 heterocycles. The van der Waals surface area contributed by atoms with Crippen molar-refractivity contribution in [2.75, 3.05) is 0 Å². The van der Waals surface area contributed by atoms with E-state index in [1.54, 1.807) is 4.57 Å². The normalized spacial score (nSPS) is 10.4. The molecule has 0 N–H and O–H groups in total. The Morgan fingerprint density at radius 2 is 1.94 bits per heavy atom. The first-order valence-electron chi connectivity index (χ1n) is 5.36. The van der Waals surface area contributed by atoms with Gasteiger partial charge in [0.15, 0.2) is 0 Å². The van der Waals surface area contributed by atoms with E-state index in [-0.39, 0.29) is 5.69 Å². The summed E-state index contributed by atoms with van der Waals surface area (Å²) in [6.45, 7) is 4.43. The second-order valence-electron chi connectivity index (χ2n) is 3.68. The summed E-state index contributed by atoms with van der Waals surface area (Å²) in [5, 5.41) is 0.